The molecule has 0 saturated carbocycles. The van der Waals surface area contributed by atoms with Crippen LogP contribution in [0.1, 0.15) is 26.7 Å². The van der Waals surface area contributed by atoms with Gasteiger partial charge >= 0.3 is 12.1 Å². The summed E-state index contributed by atoms with van der Waals surface area (Å²) in [5, 5.41) is 8.82. The number of carboxylic acids is 1. The summed E-state index contributed by atoms with van der Waals surface area (Å²) < 4.78 is 4.94. The number of carboxylic acid groups (broad SMARTS) is 1. The molecule has 0 aromatic rings. The molecular weight excluding hydrogens is 186 g/mol. The van der Waals surface area contributed by atoms with Crippen LogP contribution < -0.4 is 0 Å². The van der Waals surface area contributed by atoms with E-state index in [9.17, 15) is 9.59 Å². The van der Waals surface area contributed by atoms with Crippen molar-refractivity contribution in [2.45, 2.75) is 38.8 Å². The van der Waals surface area contributed by atoms with Gasteiger partial charge in [-0.3, -0.25) is 4.90 Å². The molecule has 1 amide bonds. The Kier molecular flexibility index (Phi) is 3.33. The molecule has 0 aliphatic carbocycles. The summed E-state index contributed by atoms with van der Waals surface area (Å²) in [6.07, 6.45) is 0.509. The summed E-state index contributed by atoms with van der Waals surface area (Å²) in [6, 6.07) is -0.707. The number of ether oxygens (including phenoxy) is 1. The quantitative estimate of drug-likeness (QED) is 0.726. The molecule has 80 valence electrons. The van der Waals surface area contributed by atoms with Crippen molar-refractivity contribution in [2.75, 3.05) is 6.54 Å². The van der Waals surface area contributed by atoms with Gasteiger partial charge in [0, 0.05) is 6.54 Å². The number of amides is 1. The van der Waals surface area contributed by atoms with Crippen LogP contribution in [-0.2, 0) is 9.53 Å². The monoisotopic (exact) mass is 201 g/mol. The van der Waals surface area contributed by atoms with Crippen molar-refractivity contribution in [3.05, 3.63) is 0 Å². The summed E-state index contributed by atoms with van der Waals surface area (Å²) in [4.78, 5) is 23.4. The van der Waals surface area contributed by atoms with E-state index >= 15 is 0 Å². The smallest absolute Gasteiger partial charge is 0.410 e. The van der Waals surface area contributed by atoms with E-state index in [0.29, 0.717) is 13.0 Å². The lowest BCUT2D eigenvalue weighted by Gasteiger charge is -2.21. The molecular formula is C9H15NO4. The lowest BCUT2D eigenvalue weighted by atomic mass is 10.2. The van der Waals surface area contributed by atoms with E-state index in [-0.39, 0.29) is 6.10 Å². The number of hydrogen-bond donors (Lipinski definition) is 1. The van der Waals surface area contributed by atoms with Crippen LogP contribution in [0.5, 0.6) is 0 Å². The highest BCUT2D eigenvalue weighted by atomic mass is 16.6. The van der Waals surface area contributed by atoms with Gasteiger partial charge in [-0.2, -0.15) is 0 Å². The molecule has 0 bridgehead atoms. The highest BCUT2D eigenvalue weighted by molar-refractivity contribution is 5.80. The zero-order valence-corrected chi connectivity index (χ0v) is 8.40. The van der Waals surface area contributed by atoms with Crippen LogP contribution in [0.2, 0.25) is 0 Å². The molecule has 1 rings (SSSR count). The first-order chi connectivity index (χ1) is 6.52. The van der Waals surface area contributed by atoms with E-state index < -0.39 is 18.1 Å². The van der Waals surface area contributed by atoms with Crippen molar-refractivity contribution >= 4 is 12.1 Å². The average Bonchev–Trinajstić information content (AvgIpc) is 2.49. The molecule has 1 atom stereocenters. The maximum absolute atomic E-state index is 11.4. The lowest BCUT2D eigenvalue weighted by Crippen LogP contribution is -2.41. The minimum Gasteiger partial charge on any atom is -0.480 e. The van der Waals surface area contributed by atoms with E-state index in [1.54, 1.807) is 13.8 Å². The Bertz CT molecular complexity index is 239. The van der Waals surface area contributed by atoms with Gasteiger partial charge in [0.25, 0.3) is 0 Å². The number of carbonyl (C=O) groups is 2. The van der Waals surface area contributed by atoms with Crippen molar-refractivity contribution in [1.82, 2.24) is 4.90 Å². The predicted molar refractivity (Wildman–Crippen MR) is 49.0 cm³/mol. The predicted octanol–water partition coefficient (Wildman–Crippen LogP) is 1.08. The second kappa shape index (κ2) is 4.30. The standard InChI is InChI=1S/C9H15NO4/c1-6(2)14-9(13)10-5-3-4-7(10)8(11)12/h6-7H,3-5H2,1-2H3,(H,11,12). The number of carbonyl (C=O) groups excluding carboxylic acids is 1. The van der Waals surface area contributed by atoms with Crippen molar-refractivity contribution in [3.8, 4) is 0 Å². The first-order valence-corrected chi connectivity index (χ1v) is 4.72. The van der Waals surface area contributed by atoms with Gasteiger partial charge in [-0.05, 0) is 26.7 Å². The molecule has 1 heterocycles. The van der Waals surface area contributed by atoms with Crippen LogP contribution in [0, 0.1) is 0 Å². The Morgan fingerprint density at radius 1 is 1.50 bits per heavy atom. The maximum atomic E-state index is 11.4. The van der Waals surface area contributed by atoms with Gasteiger partial charge < -0.3 is 9.84 Å². The molecule has 0 radical (unpaired) electrons. The number of nitrogens with zero attached hydrogens (tertiary/aromatic N) is 1. The molecule has 1 aliphatic heterocycles. The van der Waals surface area contributed by atoms with E-state index in [2.05, 4.69) is 0 Å². The number of likely N-dealkylation sites (tertiary alicyclic amines) is 1. The first-order valence-electron chi connectivity index (χ1n) is 4.72. The van der Waals surface area contributed by atoms with Gasteiger partial charge in [-0.15, -0.1) is 0 Å². The Morgan fingerprint density at radius 3 is 2.64 bits per heavy atom. The fourth-order valence-electron chi connectivity index (χ4n) is 1.51. The minimum atomic E-state index is -0.955. The van der Waals surface area contributed by atoms with Gasteiger partial charge in [0.05, 0.1) is 6.10 Å². The summed E-state index contributed by atoms with van der Waals surface area (Å²) in [6.45, 7) is 3.95. The van der Waals surface area contributed by atoms with Crippen LogP contribution >= 0.6 is 0 Å². The molecule has 5 nitrogen and oxygen atoms in total. The minimum absolute atomic E-state index is 0.211. The fraction of sp³-hybridized carbons (Fsp3) is 0.778. The van der Waals surface area contributed by atoms with Gasteiger partial charge in [0.1, 0.15) is 6.04 Å². The van der Waals surface area contributed by atoms with Gasteiger partial charge in [0.15, 0.2) is 0 Å². The Morgan fingerprint density at radius 2 is 2.14 bits per heavy atom. The molecule has 0 aromatic heterocycles. The molecule has 1 aliphatic rings. The van der Waals surface area contributed by atoms with Crippen molar-refractivity contribution < 1.29 is 19.4 Å². The second-order valence-corrected chi connectivity index (χ2v) is 3.62. The largest absolute Gasteiger partial charge is 0.480 e. The van der Waals surface area contributed by atoms with E-state index in [1.807, 2.05) is 0 Å². The molecule has 1 unspecified atom stereocenters. The highest BCUT2D eigenvalue weighted by Crippen LogP contribution is 2.18. The fourth-order valence-corrected chi connectivity index (χ4v) is 1.51. The summed E-state index contributed by atoms with van der Waals surface area (Å²) >= 11 is 0. The number of hydrogen-bond acceptors (Lipinski definition) is 3. The van der Waals surface area contributed by atoms with Crippen LogP contribution in [-0.4, -0.2) is 40.8 Å². The zero-order chi connectivity index (χ0) is 10.7. The average molecular weight is 201 g/mol. The van der Waals surface area contributed by atoms with Gasteiger partial charge in [-0.1, -0.05) is 0 Å². The molecule has 1 N–H and O–H groups in total. The molecule has 5 heteroatoms. The highest BCUT2D eigenvalue weighted by Gasteiger charge is 2.35. The third-order valence-corrected chi connectivity index (χ3v) is 2.11. The van der Waals surface area contributed by atoms with Crippen LogP contribution in [0.25, 0.3) is 0 Å². The van der Waals surface area contributed by atoms with Gasteiger partial charge in [0.2, 0.25) is 0 Å². The number of rotatable bonds is 2. The van der Waals surface area contributed by atoms with Crippen LogP contribution in [0.3, 0.4) is 0 Å². The summed E-state index contributed by atoms with van der Waals surface area (Å²) in [5.74, 6) is -0.955. The van der Waals surface area contributed by atoms with E-state index in [0.717, 1.165) is 6.42 Å². The lowest BCUT2D eigenvalue weighted by molar-refractivity contribution is -0.141. The van der Waals surface area contributed by atoms with Crippen LogP contribution in [0.4, 0.5) is 4.79 Å². The molecule has 0 aromatic carbocycles. The molecule has 1 saturated heterocycles. The Hall–Kier alpha value is -1.26. The summed E-state index contributed by atoms with van der Waals surface area (Å²) in [5.41, 5.74) is 0. The molecule has 1 fully saturated rings. The third-order valence-electron chi connectivity index (χ3n) is 2.11. The zero-order valence-electron chi connectivity index (χ0n) is 8.40. The SMILES string of the molecule is CC(C)OC(=O)N1CCCC1C(=O)O. The van der Waals surface area contributed by atoms with Gasteiger partial charge in [-0.25, -0.2) is 9.59 Å². The topological polar surface area (TPSA) is 66.8 Å². The van der Waals surface area contributed by atoms with Crippen molar-refractivity contribution in [1.29, 1.82) is 0 Å². The Balaban J connectivity index is 2.58. The van der Waals surface area contributed by atoms with Crippen molar-refractivity contribution in [2.24, 2.45) is 0 Å². The third kappa shape index (κ3) is 2.37. The molecule has 14 heavy (non-hydrogen) atoms. The number of aliphatic carboxylic acids is 1. The van der Waals surface area contributed by atoms with E-state index in [1.165, 1.54) is 4.90 Å². The summed E-state index contributed by atoms with van der Waals surface area (Å²) in [7, 11) is 0. The van der Waals surface area contributed by atoms with Crippen LogP contribution in [0.15, 0.2) is 0 Å². The Labute approximate surface area is 82.6 Å². The maximum Gasteiger partial charge on any atom is 0.410 e. The van der Waals surface area contributed by atoms with Crippen molar-refractivity contribution in [3.63, 3.8) is 0 Å². The van der Waals surface area contributed by atoms with E-state index in [4.69, 9.17) is 9.84 Å². The normalized spacial score (nSPS) is 21.4. The first kappa shape index (κ1) is 10.8. The molecule has 0 spiro atoms. The second-order valence-electron chi connectivity index (χ2n) is 3.62.